The molecule has 10 aromatic carbocycles. The second-order valence-corrected chi connectivity index (χ2v) is 19.6. The lowest BCUT2D eigenvalue weighted by Gasteiger charge is -2.24. The summed E-state index contributed by atoms with van der Waals surface area (Å²) in [5, 5.41) is 8.61. The summed E-state index contributed by atoms with van der Waals surface area (Å²) >= 11 is 0. The molecule has 0 amide bonds. The Morgan fingerprint density at radius 1 is 0.411 bits per heavy atom. The summed E-state index contributed by atoms with van der Waals surface area (Å²) in [7, 11) is 0. The molecule has 0 aliphatic heterocycles. The van der Waals surface area contributed by atoms with Gasteiger partial charge in [0.05, 0.1) is 32.9 Å². The van der Waals surface area contributed by atoms with Crippen LogP contribution in [-0.4, -0.2) is 13.7 Å². The number of rotatable bonds is 7. The maximum Gasteiger partial charge on any atom is 0.0788 e. The first-order chi connectivity index (χ1) is 36.1. The molecule has 13 aromatic rings. The van der Waals surface area contributed by atoms with Gasteiger partial charge in [-0.3, -0.25) is 0 Å². The van der Waals surface area contributed by atoms with E-state index in [0.717, 1.165) is 22.6 Å². The van der Waals surface area contributed by atoms with E-state index in [4.69, 9.17) is 6.58 Å². The average Bonchev–Trinajstić information content (AvgIpc) is 4.18. The monoisotopic (exact) mass is 933 g/mol. The average molecular weight is 934 g/mol. The summed E-state index contributed by atoms with van der Waals surface area (Å²) in [6.45, 7) is 9.62. The van der Waals surface area contributed by atoms with Gasteiger partial charge in [-0.15, -0.1) is 0 Å². The molecule has 2 unspecified atom stereocenters. The van der Waals surface area contributed by atoms with Crippen molar-refractivity contribution in [2.24, 2.45) is 0 Å². The molecule has 1 aliphatic rings. The third kappa shape index (κ3) is 6.59. The molecular formula is C70H51N3. The summed E-state index contributed by atoms with van der Waals surface area (Å²) < 4.78 is 7.49. The van der Waals surface area contributed by atoms with Gasteiger partial charge in [-0.25, -0.2) is 0 Å². The molecule has 14 rings (SSSR count). The third-order valence-electron chi connectivity index (χ3n) is 15.7. The van der Waals surface area contributed by atoms with Gasteiger partial charge in [-0.2, -0.15) is 0 Å². The molecule has 73 heavy (non-hydrogen) atoms. The standard InChI is InChI=1S/C70H51N3/c1-4-62-68(61-35-18-21-38-65(61)71(62)54-43-50(47-23-8-5-9-24-47)41-51(44-54)48-25-10-6-11-26-48)67-46(3)55-31-14-15-34-58(55)66(67)45(2)49-27-22-30-53(42-49)73-64-37-20-17-33-57(64)60-40-39-59-56-32-16-19-36-63(56)72(69(59)70(60)73)52-28-12-7-13-29-52/h4-45,66H,3H2,1-2H3/b62-4+,68-67+. The topological polar surface area (TPSA) is 14.8 Å². The van der Waals surface area contributed by atoms with E-state index in [1.165, 1.54) is 110 Å². The van der Waals surface area contributed by atoms with Crippen molar-refractivity contribution in [3.05, 3.63) is 276 Å². The summed E-state index contributed by atoms with van der Waals surface area (Å²) in [6, 6.07) is 89.2. The predicted molar refractivity (Wildman–Crippen MR) is 309 cm³/mol. The molecule has 3 aromatic heterocycles. The zero-order chi connectivity index (χ0) is 48.7. The Morgan fingerprint density at radius 3 is 1.51 bits per heavy atom. The SMILES string of the molecule is C=C1/C(=c2\c(=C/C)n(-c3cc(-c4ccccc4)cc(-c4ccccc4)c3)c3ccccc23)C(C(C)c2cccc(-n3c4ccccc4c4ccc5c6ccccc6n(-c6ccccc6)c5c43)c2)c2ccccc21. The van der Waals surface area contributed by atoms with Crippen molar-refractivity contribution in [2.45, 2.75) is 25.7 Å². The Morgan fingerprint density at radius 2 is 0.904 bits per heavy atom. The number of fused-ring (bicyclic) bond motifs is 9. The first kappa shape index (κ1) is 42.7. The van der Waals surface area contributed by atoms with Crippen LogP contribution in [0.2, 0.25) is 0 Å². The van der Waals surface area contributed by atoms with Gasteiger partial charge in [0.15, 0.2) is 0 Å². The lowest BCUT2D eigenvalue weighted by molar-refractivity contribution is 0.699. The van der Waals surface area contributed by atoms with Crippen molar-refractivity contribution < 1.29 is 0 Å². The quantitative estimate of drug-likeness (QED) is 0.151. The molecule has 0 N–H and O–H groups in total. The van der Waals surface area contributed by atoms with E-state index in [9.17, 15) is 0 Å². The summed E-state index contributed by atoms with van der Waals surface area (Å²) in [5.74, 6) is 0.107. The lowest BCUT2D eigenvalue weighted by atomic mass is 9.80. The normalized spacial score (nSPS) is 15.1. The van der Waals surface area contributed by atoms with Crippen molar-refractivity contribution in [3.63, 3.8) is 0 Å². The summed E-state index contributed by atoms with van der Waals surface area (Å²) in [6.07, 6.45) is 2.32. The zero-order valence-electron chi connectivity index (χ0n) is 40.9. The number of para-hydroxylation sites is 4. The van der Waals surface area contributed by atoms with Crippen molar-refractivity contribution in [1.29, 1.82) is 0 Å². The highest BCUT2D eigenvalue weighted by atomic mass is 15.0. The van der Waals surface area contributed by atoms with Gasteiger partial charge in [-0.1, -0.05) is 202 Å². The molecule has 0 radical (unpaired) electrons. The Balaban J connectivity index is 1.00. The Labute approximate surface area is 424 Å². The van der Waals surface area contributed by atoms with E-state index in [0.29, 0.717) is 0 Å². The van der Waals surface area contributed by atoms with Crippen LogP contribution in [0, 0.1) is 0 Å². The van der Waals surface area contributed by atoms with Gasteiger partial charge in [0.25, 0.3) is 0 Å². The summed E-state index contributed by atoms with van der Waals surface area (Å²) in [5.41, 5.74) is 20.3. The van der Waals surface area contributed by atoms with Crippen LogP contribution in [0.5, 0.6) is 0 Å². The van der Waals surface area contributed by atoms with Gasteiger partial charge in [0.1, 0.15) is 0 Å². The molecule has 0 saturated heterocycles. The van der Waals surface area contributed by atoms with E-state index in [-0.39, 0.29) is 11.8 Å². The van der Waals surface area contributed by atoms with Crippen LogP contribution in [-0.2, 0) is 0 Å². The minimum atomic E-state index is 0.0258. The molecule has 0 saturated carbocycles. The molecule has 0 bridgehead atoms. The van der Waals surface area contributed by atoms with Crippen LogP contribution in [0.3, 0.4) is 0 Å². The van der Waals surface area contributed by atoms with Crippen molar-refractivity contribution >= 4 is 71.7 Å². The van der Waals surface area contributed by atoms with E-state index >= 15 is 0 Å². The molecule has 3 heteroatoms. The Kier molecular flexibility index (Phi) is 9.94. The molecule has 0 spiro atoms. The number of hydrogen-bond acceptors (Lipinski definition) is 0. The Bertz CT molecular complexity index is 4410. The van der Waals surface area contributed by atoms with Crippen LogP contribution in [0.15, 0.2) is 249 Å². The first-order valence-corrected chi connectivity index (χ1v) is 25.5. The van der Waals surface area contributed by atoms with Crippen LogP contribution < -0.4 is 10.6 Å². The van der Waals surface area contributed by atoms with E-state index < -0.39 is 0 Å². The minimum absolute atomic E-state index is 0.0258. The Hall–Kier alpha value is -9.18. The fourth-order valence-corrected chi connectivity index (χ4v) is 12.5. The largest absolute Gasteiger partial charge is 0.310 e. The number of benzene rings is 10. The highest BCUT2D eigenvalue weighted by Crippen LogP contribution is 2.52. The first-order valence-electron chi connectivity index (χ1n) is 25.5. The van der Waals surface area contributed by atoms with Gasteiger partial charge in [-0.05, 0) is 124 Å². The summed E-state index contributed by atoms with van der Waals surface area (Å²) in [4.78, 5) is 0. The third-order valence-corrected chi connectivity index (χ3v) is 15.7. The number of hydrogen-bond donors (Lipinski definition) is 0. The maximum absolute atomic E-state index is 4.99. The fourth-order valence-electron chi connectivity index (χ4n) is 12.5. The minimum Gasteiger partial charge on any atom is -0.310 e. The molecule has 1 aliphatic carbocycles. The van der Waals surface area contributed by atoms with Gasteiger partial charge in [0, 0.05) is 55.1 Å². The van der Waals surface area contributed by atoms with Crippen molar-refractivity contribution in [2.75, 3.05) is 0 Å². The van der Waals surface area contributed by atoms with Crippen LogP contribution in [0.4, 0.5) is 0 Å². The molecule has 346 valence electrons. The van der Waals surface area contributed by atoms with Crippen molar-refractivity contribution in [1.82, 2.24) is 13.7 Å². The smallest absolute Gasteiger partial charge is 0.0788 e. The van der Waals surface area contributed by atoms with Crippen molar-refractivity contribution in [3.8, 4) is 39.3 Å². The zero-order valence-corrected chi connectivity index (χ0v) is 40.9. The van der Waals surface area contributed by atoms with Gasteiger partial charge < -0.3 is 13.7 Å². The fraction of sp³-hybridized carbons (Fsp3) is 0.0571. The lowest BCUT2D eigenvalue weighted by Crippen LogP contribution is -2.31. The van der Waals surface area contributed by atoms with Crippen LogP contribution in [0.25, 0.3) is 111 Å². The highest BCUT2D eigenvalue weighted by molar-refractivity contribution is 6.24. The van der Waals surface area contributed by atoms with Crippen LogP contribution >= 0.6 is 0 Å². The second-order valence-electron chi connectivity index (χ2n) is 19.6. The molecule has 3 heterocycles. The van der Waals surface area contributed by atoms with Gasteiger partial charge >= 0.3 is 0 Å². The predicted octanol–water partition coefficient (Wildman–Crippen LogP) is 16.7. The van der Waals surface area contributed by atoms with E-state index in [2.05, 4.69) is 276 Å². The van der Waals surface area contributed by atoms with E-state index in [1.54, 1.807) is 0 Å². The van der Waals surface area contributed by atoms with Crippen LogP contribution in [0.1, 0.15) is 42.4 Å². The molecular weight excluding hydrogens is 883 g/mol. The maximum atomic E-state index is 4.99. The van der Waals surface area contributed by atoms with Gasteiger partial charge in [0.2, 0.25) is 0 Å². The molecule has 0 fully saturated rings. The highest BCUT2D eigenvalue weighted by Gasteiger charge is 2.36. The molecule has 3 nitrogen and oxygen atoms in total. The number of allylic oxidation sites excluding steroid dienone is 1. The number of aromatic nitrogens is 3. The number of nitrogens with zero attached hydrogens (tertiary/aromatic N) is 3. The van der Waals surface area contributed by atoms with E-state index in [1.807, 2.05) is 0 Å². The second kappa shape index (κ2) is 17.0. The molecule has 2 atom stereocenters.